The van der Waals surface area contributed by atoms with E-state index < -0.39 is 0 Å². The van der Waals surface area contributed by atoms with Crippen molar-refractivity contribution in [3.63, 3.8) is 0 Å². The Morgan fingerprint density at radius 1 is 1.19 bits per heavy atom. The largest absolute Gasteiger partial charge is 0.299 e. The Labute approximate surface area is 101 Å². The minimum atomic E-state index is 0.333. The molecular weight excluding hydrogens is 196 g/mol. The molecule has 0 saturated carbocycles. The van der Waals surface area contributed by atoms with Gasteiger partial charge in [0, 0.05) is 12.3 Å². The predicted octanol–water partition coefficient (Wildman–Crippen LogP) is 4.91. The van der Waals surface area contributed by atoms with Crippen LogP contribution in [0.4, 0.5) is 0 Å². The molecule has 0 radical (unpaired) electrons. The van der Waals surface area contributed by atoms with Crippen molar-refractivity contribution in [2.45, 2.75) is 71.6 Å². The van der Waals surface area contributed by atoms with Gasteiger partial charge in [-0.15, -0.1) is 6.58 Å². The maximum absolute atomic E-state index is 11.9. The SMILES string of the molecule is C=CCCCCCC(=O)C(CC)CCCC. The van der Waals surface area contributed by atoms with E-state index in [9.17, 15) is 4.79 Å². The van der Waals surface area contributed by atoms with E-state index in [4.69, 9.17) is 0 Å². The van der Waals surface area contributed by atoms with Crippen LogP contribution in [-0.4, -0.2) is 5.78 Å². The van der Waals surface area contributed by atoms with Gasteiger partial charge in [0.2, 0.25) is 0 Å². The molecule has 94 valence electrons. The smallest absolute Gasteiger partial charge is 0.135 e. The molecule has 0 aliphatic carbocycles. The van der Waals surface area contributed by atoms with Gasteiger partial charge < -0.3 is 0 Å². The fourth-order valence-electron chi connectivity index (χ4n) is 2.01. The van der Waals surface area contributed by atoms with Gasteiger partial charge in [-0.05, 0) is 32.1 Å². The maximum atomic E-state index is 11.9. The summed E-state index contributed by atoms with van der Waals surface area (Å²) in [6.07, 6.45) is 11.8. The summed E-state index contributed by atoms with van der Waals surface area (Å²) >= 11 is 0. The fourth-order valence-corrected chi connectivity index (χ4v) is 2.01. The Balaban J connectivity index is 3.62. The number of carbonyl (C=O) groups excluding carboxylic acids is 1. The summed E-state index contributed by atoms with van der Waals surface area (Å²) in [6.45, 7) is 8.02. The van der Waals surface area contributed by atoms with E-state index in [1.165, 1.54) is 25.7 Å². The lowest BCUT2D eigenvalue weighted by Crippen LogP contribution is -2.13. The minimum absolute atomic E-state index is 0.333. The quantitative estimate of drug-likeness (QED) is 0.360. The van der Waals surface area contributed by atoms with E-state index in [0.29, 0.717) is 11.7 Å². The molecule has 0 aromatic rings. The van der Waals surface area contributed by atoms with Gasteiger partial charge in [0.05, 0.1) is 0 Å². The van der Waals surface area contributed by atoms with Gasteiger partial charge >= 0.3 is 0 Å². The topological polar surface area (TPSA) is 17.1 Å². The molecule has 0 rings (SSSR count). The summed E-state index contributed by atoms with van der Waals surface area (Å²) in [6, 6.07) is 0. The molecule has 0 heterocycles. The third-order valence-corrected chi connectivity index (χ3v) is 3.19. The van der Waals surface area contributed by atoms with Crippen molar-refractivity contribution in [1.82, 2.24) is 0 Å². The molecule has 0 N–H and O–H groups in total. The van der Waals surface area contributed by atoms with Gasteiger partial charge in [-0.3, -0.25) is 4.79 Å². The maximum Gasteiger partial charge on any atom is 0.135 e. The first-order valence-electron chi connectivity index (χ1n) is 6.89. The van der Waals surface area contributed by atoms with Gasteiger partial charge in [0.15, 0.2) is 0 Å². The second-order valence-corrected chi connectivity index (χ2v) is 4.60. The number of hydrogen-bond donors (Lipinski definition) is 0. The van der Waals surface area contributed by atoms with Crippen LogP contribution >= 0.6 is 0 Å². The molecule has 0 bridgehead atoms. The van der Waals surface area contributed by atoms with Crippen LogP contribution < -0.4 is 0 Å². The molecule has 1 heteroatoms. The summed E-state index contributed by atoms with van der Waals surface area (Å²) in [5.41, 5.74) is 0. The first kappa shape index (κ1) is 15.4. The van der Waals surface area contributed by atoms with Crippen LogP contribution in [0, 0.1) is 5.92 Å². The molecule has 1 nitrogen and oxygen atoms in total. The number of hydrogen-bond acceptors (Lipinski definition) is 1. The molecule has 0 saturated heterocycles. The van der Waals surface area contributed by atoms with Crippen molar-refractivity contribution in [1.29, 1.82) is 0 Å². The second-order valence-electron chi connectivity index (χ2n) is 4.60. The van der Waals surface area contributed by atoms with E-state index >= 15 is 0 Å². The molecule has 1 unspecified atom stereocenters. The zero-order chi connectivity index (χ0) is 12.2. The van der Waals surface area contributed by atoms with Crippen LogP contribution in [0.3, 0.4) is 0 Å². The third kappa shape index (κ3) is 7.67. The molecular formula is C15H28O. The van der Waals surface area contributed by atoms with Crippen molar-refractivity contribution in [2.24, 2.45) is 5.92 Å². The minimum Gasteiger partial charge on any atom is -0.299 e. The molecule has 1 atom stereocenters. The van der Waals surface area contributed by atoms with Crippen molar-refractivity contribution >= 4 is 5.78 Å². The van der Waals surface area contributed by atoms with Gasteiger partial charge in [-0.1, -0.05) is 39.2 Å². The number of Topliss-reactive ketones (excluding diaryl/α,β-unsaturated/α-hetero) is 1. The van der Waals surface area contributed by atoms with Crippen molar-refractivity contribution in [3.05, 3.63) is 12.7 Å². The number of allylic oxidation sites excluding steroid dienone is 1. The molecule has 0 spiro atoms. The van der Waals surface area contributed by atoms with Gasteiger partial charge in [0.1, 0.15) is 5.78 Å². The Morgan fingerprint density at radius 3 is 2.50 bits per heavy atom. The van der Waals surface area contributed by atoms with Crippen LogP contribution in [0.15, 0.2) is 12.7 Å². The number of carbonyl (C=O) groups is 1. The highest BCUT2D eigenvalue weighted by molar-refractivity contribution is 5.80. The highest BCUT2D eigenvalue weighted by atomic mass is 16.1. The zero-order valence-electron chi connectivity index (χ0n) is 11.1. The third-order valence-electron chi connectivity index (χ3n) is 3.19. The van der Waals surface area contributed by atoms with E-state index in [2.05, 4.69) is 20.4 Å². The molecule has 16 heavy (non-hydrogen) atoms. The lowest BCUT2D eigenvalue weighted by Gasteiger charge is -2.12. The predicted molar refractivity (Wildman–Crippen MR) is 71.6 cm³/mol. The van der Waals surface area contributed by atoms with Crippen LogP contribution in [0.25, 0.3) is 0 Å². The molecule has 0 fully saturated rings. The van der Waals surface area contributed by atoms with Gasteiger partial charge in [0.25, 0.3) is 0 Å². The summed E-state index contributed by atoms with van der Waals surface area (Å²) in [5.74, 6) is 0.828. The highest BCUT2D eigenvalue weighted by Crippen LogP contribution is 2.17. The zero-order valence-corrected chi connectivity index (χ0v) is 11.1. The van der Waals surface area contributed by atoms with Crippen LogP contribution in [-0.2, 0) is 4.79 Å². The lowest BCUT2D eigenvalue weighted by atomic mass is 9.92. The van der Waals surface area contributed by atoms with Crippen LogP contribution in [0.5, 0.6) is 0 Å². The summed E-state index contributed by atoms with van der Waals surface area (Å²) in [7, 11) is 0. The molecule has 0 amide bonds. The first-order chi connectivity index (χ1) is 7.76. The Kier molecular flexibility index (Phi) is 10.5. The van der Waals surface area contributed by atoms with Gasteiger partial charge in [-0.2, -0.15) is 0 Å². The normalized spacial score (nSPS) is 12.4. The number of unbranched alkanes of at least 4 members (excludes halogenated alkanes) is 4. The first-order valence-corrected chi connectivity index (χ1v) is 6.89. The van der Waals surface area contributed by atoms with Crippen LogP contribution in [0.2, 0.25) is 0 Å². The van der Waals surface area contributed by atoms with E-state index in [1.807, 2.05) is 6.08 Å². The Hall–Kier alpha value is -0.590. The standard InChI is InChI=1S/C15H28O/c1-4-7-9-10-11-13-15(16)14(6-3)12-8-5-2/h4,14H,1,5-13H2,2-3H3. The second kappa shape index (κ2) is 10.9. The van der Waals surface area contributed by atoms with Gasteiger partial charge in [-0.25, -0.2) is 0 Å². The summed E-state index contributed by atoms with van der Waals surface area (Å²) in [4.78, 5) is 11.9. The molecule has 0 aromatic carbocycles. The monoisotopic (exact) mass is 224 g/mol. The number of ketones is 1. The average molecular weight is 224 g/mol. The van der Waals surface area contributed by atoms with E-state index in [-0.39, 0.29) is 0 Å². The lowest BCUT2D eigenvalue weighted by molar-refractivity contribution is -0.123. The fraction of sp³-hybridized carbons (Fsp3) is 0.800. The van der Waals surface area contributed by atoms with Crippen LogP contribution in [0.1, 0.15) is 71.6 Å². The summed E-state index contributed by atoms with van der Waals surface area (Å²) < 4.78 is 0. The molecule has 0 aromatic heterocycles. The molecule has 0 aliphatic rings. The van der Waals surface area contributed by atoms with Crippen molar-refractivity contribution in [3.8, 4) is 0 Å². The average Bonchev–Trinajstić information content (AvgIpc) is 2.30. The Bertz CT molecular complexity index is 184. The van der Waals surface area contributed by atoms with E-state index in [0.717, 1.165) is 32.1 Å². The molecule has 0 aliphatic heterocycles. The van der Waals surface area contributed by atoms with Crippen molar-refractivity contribution < 1.29 is 4.79 Å². The van der Waals surface area contributed by atoms with E-state index in [1.54, 1.807) is 0 Å². The summed E-state index contributed by atoms with van der Waals surface area (Å²) in [5, 5.41) is 0. The highest BCUT2D eigenvalue weighted by Gasteiger charge is 2.14. The number of rotatable bonds is 11. The van der Waals surface area contributed by atoms with Crippen molar-refractivity contribution in [2.75, 3.05) is 0 Å². The Morgan fingerprint density at radius 2 is 1.94 bits per heavy atom.